The molecule has 0 aliphatic heterocycles. The number of rotatable bonds is 7. The van der Waals surface area contributed by atoms with Gasteiger partial charge in [0.05, 0.1) is 29.3 Å². The molecule has 2 heterocycles. The van der Waals surface area contributed by atoms with Crippen LogP contribution in [0.25, 0.3) is 11.0 Å². The van der Waals surface area contributed by atoms with E-state index in [1.54, 1.807) is 0 Å². The third kappa shape index (κ3) is 4.56. The van der Waals surface area contributed by atoms with Gasteiger partial charge in [-0.3, -0.25) is 9.88 Å². The number of hydrogen-bond acceptors (Lipinski definition) is 4. The summed E-state index contributed by atoms with van der Waals surface area (Å²) in [4.78, 5) is 14.5. The number of para-hydroxylation sites is 2. The first-order valence-corrected chi connectivity index (χ1v) is 11.9. The molecule has 0 saturated heterocycles. The van der Waals surface area contributed by atoms with Crippen molar-refractivity contribution in [3.8, 4) is 0 Å². The minimum atomic E-state index is 0.337. The summed E-state index contributed by atoms with van der Waals surface area (Å²) in [6.07, 6.45) is 5.42. The van der Waals surface area contributed by atoms with Gasteiger partial charge in [0.25, 0.3) is 0 Å². The maximum atomic E-state index is 5.08. The molecule has 4 aromatic rings. The molecule has 5 nitrogen and oxygen atoms in total. The summed E-state index contributed by atoms with van der Waals surface area (Å²) in [6.45, 7) is 2.56. The fraction of sp³-hybridized carbons (Fsp3) is 0.357. The lowest BCUT2D eigenvalue weighted by atomic mass is 9.91. The number of imidazole rings is 1. The normalized spacial score (nSPS) is 16.0. The Morgan fingerprint density at radius 3 is 2.55 bits per heavy atom. The second-order valence-corrected chi connectivity index (χ2v) is 9.48. The standard InChI is InChI=1S/C28H33N5/c1-31(2)18-22-10-4-5-11-23(22)19-33-25-15-7-6-14-24(25)30-27(33)20-32(3)26-16-8-12-21-13-9-17-29-28(21)26/h4-7,9-11,13-15,17,26H,8,12,16,18-20H2,1-3H3/t26-/m0/s1. The molecule has 0 fully saturated rings. The van der Waals surface area contributed by atoms with Gasteiger partial charge in [-0.2, -0.15) is 0 Å². The average Bonchev–Trinajstić information content (AvgIpc) is 3.16. The van der Waals surface area contributed by atoms with Crippen LogP contribution in [0.5, 0.6) is 0 Å². The van der Waals surface area contributed by atoms with Crippen LogP contribution in [0.3, 0.4) is 0 Å². The van der Waals surface area contributed by atoms with Crippen molar-refractivity contribution in [2.24, 2.45) is 0 Å². The van der Waals surface area contributed by atoms with Crippen LogP contribution in [0.1, 0.15) is 47.1 Å². The van der Waals surface area contributed by atoms with E-state index in [2.05, 4.69) is 96.2 Å². The van der Waals surface area contributed by atoms with E-state index in [9.17, 15) is 0 Å². The summed E-state index contributed by atoms with van der Waals surface area (Å²) in [7, 11) is 6.47. The fourth-order valence-electron chi connectivity index (χ4n) is 5.15. The molecule has 0 spiro atoms. The zero-order chi connectivity index (χ0) is 22.8. The van der Waals surface area contributed by atoms with Crippen LogP contribution < -0.4 is 0 Å². The monoisotopic (exact) mass is 439 g/mol. The Labute approximate surface area is 196 Å². The predicted octanol–water partition coefficient (Wildman–Crippen LogP) is 5.05. The van der Waals surface area contributed by atoms with Crippen molar-refractivity contribution in [1.29, 1.82) is 0 Å². The largest absolute Gasteiger partial charge is 0.322 e. The van der Waals surface area contributed by atoms with Gasteiger partial charge in [0, 0.05) is 19.3 Å². The van der Waals surface area contributed by atoms with Gasteiger partial charge in [0.2, 0.25) is 0 Å². The molecule has 1 aliphatic rings. The fourth-order valence-corrected chi connectivity index (χ4v) is 5.15. The highest BCUT2D eigenvalue weighted by Crippen LogP contribution is 2.33. The second kappa shape index (κ2) is 9.46. The molecule has 0 N–H and O–H groups in total. The van der Waals surface area contributed by atoms with Crippen LogP contribution in [0.2, 0.25) is 0 Å². The number of pyridine rings is 1. The number of aryl methyl sites for hydroxylation is 1. The van der Waals surface area contributed by atoms with Crippen LogP contribution in [0.4, 0.5) is 0 Å². The molecule has 5 heteroatoms. The van der Waals surface area contributed by atoms with Gasteiger partial charge in [0.15, 0.2) is 0 Å². The molecule has 33 heavy (non-hydrogen) atoms. The summed E-state index contributed by atoms with van der Waals surface area (Å²) in [5.74, 6) is 1.11. The summed E-state index contributed by atoms with van der Waals surface area (Å²) in [5.41, 5.74) is 7.61. The molecule has 0 unspecified atom stereocenters. The van der Waals surface area contributed by atoms with E-state index in [0.29, 0.717) is 6.04 Å². The quantitative estimate of drug-likeness (QED) is 0.404. The maximum Gasteiger partial charge on any atom is 0.124 e. The van der Waals surface area contributed by atoms with Crippen molar-refractivity contribution in [3.63, 3.8) is 0 Å². The van der Waals surface area contributed by atoms with Crippen molar-refractivity contribution in [2.45, 2.75) is 44.9 Å². The van der Waals surface area contributed by atoms with E-state index in [0.717, 1.165) is 43.8 Å². The minimum absolute atomic E-state index is 0.337. The van der Waals surface area contributed by atoms with E-state index in [-0.39, 0.29) is 0 Å². The maximum absolute atomic E-state index is 5.08. The van der Waals surface area contributed by atoms with Crippen molar-refractivity contribution in [1.82, 2.24) is 24.3 Å². The molecule has 2 aromatic carbocycles. The number of fused-ring (bicyclic) bond motifs is 2. The van der Waals surface area contributed by atoms with Gasteiger partial charge >= 0.3 is 0 Å². The highest BCUT2D eigenvalue weighted by molar-refractivity contribution is 5.76. The highest BCUT2D eigenvalue weighted by atomic mass is 15.2. The second-order valence-electron chi connectivity index (χ2n) is 9.48. The van der Waals surface area contributed by atoms with Crippen LogP contribution in [0, 0.1) is 0 Å². The Balaban J connectivity index is 1.49. The number of hydrogen-bond donors (Lipinski definition) is 0. The van der Waals surface area contributed by atoms with Crippen molar-refractivity contribution < 1.29 is 0 Å². The van der Waals surface area contributed by atoms with Crippen LogP contribution in [-0.4, -0.2) is 45.5 Å². The number of nitrogens with zero attached hydrogens (tertiary/aromatic N) is 5. The van der Waals surface area contributed by atoms with E-state index < -0.39 is 0 Å². The third-order valence-electron chi connectivity index (χ3n) is 6.76. The summed E-state index contributed by atoms with van der Waals surface area (Å²) in [6, 6.07) is 21.9. The lowest BCUT2D eigenvalue weighted by Crippen LogP contribution is -2.29. The van der Waals surface area contributed by atoms with Crippen molar-refractivity contribution >= 4 is 11.0 Å². The van der Waals surface area contributed by atoms with Gasteiger partial charge in [-0.05, 0) is 75.3 Å². The lowest BCUT2D eigenvalue weighted by Gasteiger charge is -2.32. The molecule has 1 atom stereocenters. The smallest absolute Gasteiger partial charge is 0.124 e. The first kappa shape index (κ1) is 21.8. The Hall–Kier alpha value is -3.02. The van der Waals surface area contributed by atoms with Crippen molar-refractivity contribution in [2.75, 3.05) is 21.1 Å². The zero-order valence-corrected chi connectivity index (χ0v) is 19.9. The van der Waals surface area contributed by atoms with Gasteiger partial charge in [-0.25, -0.2) is 4.98 Å². The van der Waals surface area contributed by atoms with E-state index >= 15 is 0 Å². The van der Waals surface area contributed by atoms with Gasteiger partial charge in [-0.1, -0.05) is 42.5 Å². The summed E-state index contributed by atoms with van der Waals surface area (Å²) < 4.78 is 2.41. The molecule has 0 saturated carbocycles. The van der Waals surface area contributed by atoms with E-state index in [4.69, 9.17) is 9.97 Å². The van der Waals surface area contributed by atoms with Crippen LogP contribution in [-0.2, 0) is 26.1 Å². The van der Waals surface area contributed by atoms with Crippen molar-refractivity contribution in [3.05, 3.63) is 95.1 Å². The highest BCUT2D eigenvalue weighted by Gasteiger charge is 2.26. The summed E-state index contributed by atoms with van der Waals surface area (Å²) >= 11 is 0. The molecule has 0 bridgehead atoms. The molecule has 1 aliphatic carbocycles. The van der Waals surface area contributed by atoms with Gasteiger partial charge in [0.1, 0.15) is 5.82 Å². The first-order valence-electron chi connectivity index (χ1n) is 11.9. The Morgan fingerprint density at radius 2 is 1.70 bits per heavy atom. The van der Waals surface area contributed by atoms with Gasteiger partial charge < -0.3 is 9.47 Å². The van der Waals surface area contributed by atoms with Crippen LogP contribution >= 0.6 is 0 Å². The lowest BCUT2D eigenvalue weighted by molar-refractivity contribution is 0.202. The third-order valence-corrected chi connectivity index (χ3v) is 6.76. The molecule has 2 aromatic heterocycles. The van der Waals surface area contributed by atoms with Crippen LogP contribution in [0.15, 0.2) is 66.9 Å². The van der Waals surface area contributed by atoms with E-state index in [1.807, 2.05) is 6.20 Å². The predicted molar refractivity (Wildman–Crippen MR) is 134 cm³/mol. The number of aromatic nitrogens is 3. The topological polar surface area (TPSA) is 37.2 Å². The van der Waals surface area contributed by atoms with E-state index in [1.165, 1.54) is 34.3 Å². The van der Waals surface area contributed by atoms with Gasteiger partial charge in [-0.15, -0.1) is 0 Å². The SMILES string of the molecule is CN(C)Cc1ccccc1Cn1c(CN(C)[C@H]2CCCc3cccnc32)nc2ccccc21. The Morgan fingerprint density at radius 1 is 0.909 bits per heavy atom. The molecular formula is C28H33N5. The molecular weight excluding hydrogens is 406 g/mol. The minimum Gasteiger partial charge on any atom is -0.322 e. The Bertz CT molecular complexity index is 1240. The number of benzene rings is 2. The Kier molecular flexibility index (Phi) is 6.25. The molecule has 170 valence electrons. The zero-order valence-electron chi connectivity index (χ0n) is 19.9. The summed E-state index contributed by atoms with van der Waals surface area (Å²) in [5, 5.41) is 0. The molecule has 0 radical (unpaired) electrons. The first-order chi connectivity index (χ1) is 16.1. The molecule has 0 amide bonds. The average molecular weight is 440 g/mol. The molecule has 5 rings (SSSR count).